The van der Waals surface area contributed by atoms with Crippen molar-refractivity contribution < 1.29 is 39.4 Å². The first kappa shape index (κ1) is 14.3. The van der Waals surface area contributed by atoms with E-state index in [-0.39, 0.29) is 64.9 Å². The Hall–Kier alpha value is 0.820. The third kappa shape index (κ3) is 4.41. The van der Waals surface area contributed by atoms with E-state index in [1.165, 1.54) is 13.2 Å². The summed E-state index contributed by atoms with van der Waals surface area (Å²) in [5.74, 6) is 0.331. The molecule has 0 fully saturated rings. The molecule has 1 aromatic rings. The maximum Gasteiger partial charge on any atom is 1.00 e. The standard InChI is InChI=1S/C7H8O2.2Na/c1-9-7-5-3-2-4-6(7)8;;/h2-5,8H,1H3;;/q;;+1/p-1. The quantitative estimate of drug-likeness (QED) is 0.431. The molecule has 2 nitrogen and oxygen atoms in total. The number of hydrogen-bond donors (Lipinski definition) is 0. The number of para-hydroxylation sites is 2. The smallest absolute Gasteiger partial charge is 0.870 e. The molecule has 0 unspecified atom stereocenters. The Morgan fingerprint density at radius 2 is 1.82 bits per heavy atom. The molecule has 49 valence electrons. The summed E-state index contributed by atoms with van der Waals surface area (Å²) in [6.45, 7) is 0. The molecule has 1 aromatic carbocycles. The van der Waals surface area contributed by atoms with Crippen molar-refractivity contribution in [3.63, 3.8) is 0 Å². The first-order valence-corrected chi connectivity index (χ1v) is 2.64. The molecule has 0 aliphatic carbocycles. The second kappa shape index (κ2) is 7.47. The Morgan fingerprint density at radius 3 is 2.18 bits per heavy atom. The molecule has 1 radical (unpaired) electrons. The third-order valence-corrected chi connectivity index (χ3v) is 1.07. The van der Waals surface area contributed by atoms with E-state index in [9.17, 15) is 5.11 Å². The topological polar surface area (TPSA) is 32.3 Å². The van der Waals surface area contributed by atoms with E-state index in [2.05, 4.69) is 0 Å². The van der Waals surface area contributed by atoms with Crippen molar-refractivity contribution in [2.75, 3.05) is 7.11 Å². The Labute approximate surface area is 111 Å². The van der Waals surface area contributed by atoms with Crippen LogP contribution in [0.4, 0.5) is 0 Å². The number of ether oxygens (including phenoxy) is 1. The van der Waals surface area contributed by atoms with Gasteiger partial charge in [-0.15, -0.1) is 0 Å². The first-order chi connectivity index (χ1) is 4.34. The number of hydrogen-bond acceptors (Lipinski definition) is 2. The van der Waals surface area contributed by atoms with E-state index < -0.39 is 0 Å². The molecule has 0 spiro atoms. The van der Waals surface area contributed by atoms with Crippen LogP contribution in [-0.2, 0) is 0 Å². The Bertz CT molecular complexity index is 203. The summed E-state index contributed by atoms with van der Waals surface area (Å²) in [6, 6.07) is 6.56. The van der Waals surface area contributed by atoms with Gasteiger partial charge in [-0.1, -0.05) is 23.9 Å². The number of methoxy groups -OCH3 is 1. The Kier molecular flexibility index (Phi) is 9.74. The van der Waals surface area contributed by atoms with Crippen LogP contribution in [0.3, 0.4) is 0 Å². The molecule has 0 heterocycles. The number of benzene rings is 1. The van der Waals surface area contributed by atoms with Crippen molar-refractivity contribution in [1.29, 1.82) is 0 Å². The molecule has 0 bridgehead atoms. The summed E-state index contributed by atoms with van der Waals surface area (Å²) in [4.78, 5) is 0. The third-order valence-electron chi connectivity index (χ3n) is 1.07. The largest absolute Gasteiger partial charge is 1.00 e. The fourth-order valence-electron chi connectivity index (χ4n) is 0.619. The van der Waals surface area contributed by atoms with Gasteiger partial charge in [-0.3, -0.25) is 0 Å². The molecule has 4 heteroatoms. The monoisotopic (exact) mass is 169 g/mol. The molecular weight excluding hydrogens is 162 g/mol. The van der Waals surface area contributed by atoms with Crippen LogP contribution in [0.2, 0.25) is 0 Å². The minimum absolute atomic E-state index is 0. The van der Waals surface area contributed by atoms with Gasteiger partial charge in [-0.25, -0.2) is 0 Å². The van der Waals surface area contributed by atoms with Crippen LogP contribution in [0.1, 0.15) is 0 Å². The van der Waals surface area contributed by atoms with Crippen LogP contribution in [0, 0.1) is 0 Å². The van der Waals surface area contributed by atoms with E-state index in [0.717, 1.165) is 0 Å². The van der Waals surface area contributed by atoms with Crippen LogP contribution >= 0.6 is 0 Å². The summed E-state index contributed by atoms with van der Waals surface area (Å²) in [5, 5.41) is 10.7. The average molecular weight is 169 g/mol. The minimum atomic E-state index is -0.0694. The minimum Gasteiger partial charge on any atom is -0.870 e. The molecule has 11 heavy (non-hydrogen) atoms. The summed E-state index contributed by atoms with van der Waals surface area (Å²) >= 11 is 0. The van der Waals surface area contributed by atoms with E-state index in [1.54, 1.807) is 18.2 Å². The normalized spacial score (nSPS) is 7.36. The van der Waals surface area contributed by atoms with Crippen LogP contribution < -0.4 is 39.4 Å². The van der Waals surface area contributed by atoms with Gasteiger partial charge in [0.15, 0.2) is 0 Å². The fourth-order valence-corrected chi connectivity index (χ4v) is 0.619. The van der Waals surface area contributed by atoms with Gasteiger partial charge in [0.05, 0.1) is 7.11 Å². The van der Waals surface area contributed by atoms with Crippen LogP contribution in [0.5, 0.6) is 11.5 Å². The van der Waals surface area contributed by atoms with Crippen molar-refractivity contribution in [2.45, 2.75) is 0 Å². The summed E-state index contributed by atoms with van der Waals surface area (Å²) in [7, 11) is 1.48. The zero-order chi connectivity index (χ0) is 6.69. The fraction of sp³-hybridized carbons (Fsp3) is 0.143. The predicted octanol–water partition coefficient (Wildman–Crippen LogP) is -2.61. The van der Waals surface area contributed by atoms with Crippen LogP contribution in [-0.4, -0.2) is 36.7 Å². The van der Waals surface area contributed by atoms with Crippen molar-refractivity contribution in [2.24, 2.45) is 0 Å². The average Bonchev–Trinajstić information content (AvgIpc) is 1.89. The van der Waals surface area contributed by atoms with Crippen molar-refractivity contribution in [3.8, 4) is 11.5 Å². The van der Waals surface area contributed by atoms with E-state index in [1.807, 2.05) is 0 Å². The number of rotatable bonds is 1. The maximum absolute atomic E-state index is 10.7. The predicted molar refractivity (Wildman–Crippen MR) is 38.2 cm³/mol. The summed E-state index contributed by atoms with van der Waals surface area (Å²) < 4.78 is 4.73. The second-order valence-electron chi connectivity index (χ2n) is 1.65. The van der Waals surface area contributed by atoms with E-state index >= 15 is 0 Å². The SMILES string of the molecule is COc1ccccc1[O-].[Na+].[Na]. The zero-order valence-electron chi connectivity index (χ0n) is 7.13. The Morgan fingerprint density at radius 1 is 1.27 bits per heavy atom. The van der Waals surface area contributed by atoms with Gasteiger partial charge in [-0.2, -0.15) is 0 Å². The van der Waals surface area contributed by atoms with Gasteiger partial charge in [0.2, 0.25) is 0 Å². The van der Waals surface area contributed by atoms with Crippen LogP contribution in [0.25, 0.3) is 0 Å². The molecule has 0 aliphatic heterocycles. The Balaban J connectivity index is 0. The zero-order valence-corrected chi connectivity index (χ0v) is 11.1. The van der Waals surface area contributed by atoms with E-state index in [4.69, 9.17) is 4.74 Å². The maximum atomic E-state index is 10.7. The van der Waals surface area contributed by atoms with Gasteiger partial charge in [0.25, 0.3) is 0 Å². The van der Waals surface area contributed by atoms with Gasteiger partial charge in [0.1, 0.15) is 5.75 Å². The molecule has 0 saturated carbocycles. The van der Waals surface area contributed by atoms with E-state index in [0.29, 0.717) is 5.75 Å². The molecule has 0 aromatic heterocycles. The van der Waals surface area contributed by atoms with Gasteiger partial charge >= 0.3 is 29.6 Å². The van der Waals surface area contributed by atoms with Crippen molar-refractivity contribution >= 4 is 29.6 Å². The molecule has 0 saturated heterocycles. The van der Waals surface area contributed by atoms with Gasteiger partial charge < -0.3 is 9.84 Å². The van der Waals surface area contributed by atoms with Gasteiger partial charge in [0, 0.05) is 29.6 Å². The van der Waals surface area contributed by atoms with Gasteiger partial charge in [-0.05, 0) is 6.07 Å². The van der Waals surface area contributed by atoms with Crippen LogP contribution in [0.15, 0.2) is 24.3 Å². The first-order valence-electron chi connectivity index (χ1n) is 2.64. The molecule has 0 N–H and O–H groups in total. The molecule has 0 atom stereocenters. The molecule has 0 amide bonds. The second-order valence-corrected chi connectivity index (χ2v) is 1.65. The molecule has 1 rings (SSSR count). The van der Waals surface area contributed by atoms with Crippen molar-refractivity contribution in [1.82, 2.24) is 0 Å². The summed E-state index contributed by atoms with van der Waals surface area (Å²) in [6.07, 6.45) is 0. The molecular formula is C7H7Na2O2. The molecule has 0 aliphatic rings. The van der Waals surface area contributed by atoms with Crippen molar-refractivity contribution in [3.05, 3.63) is 24.3 Å². The summed E-state index contributed by atoms with van der Waals surface area (Å²) in [5.41, 5.74) is 0.